The van der Waals surface area contributed by atoms with Crippen LogP contribution in [0.2, 0.25) is 0 Å². The van der Waals surface area contributed by atoms with Crippen LogP contribution in [0.25, 0.3) is 0 Å². The van der Waals surface area contributed by atoms with Gasteiger partial charge < -0.3 is 20.6 Å². The molecule has 3 N–H and O–H groups in total. The Bertz CT molecular complexity index is 1140. The van der Waals surface area contributed by atoms with Gasteiger partial charge >= 0.3 is 12.1 Å². The Hall–Kier alpha value is -2.71. The molecule has 0 radical (unpaired) electrons. The molecule has 2 aliphatic rings. The zero-order chi connectivity index (χ0) is 26.7. The number of amides is 4. The zero-order valence-electron chi connectivity index (χ0n) is 21.4. The van der Waals surface area contributed by atoms with E-state index in [1.165, 1.54) is 0 Å². The minimum Gasteiger partial charge on any atom is -0.387 e. The number of imidazole rings is 1. The summed E-state index contributed by atoms with van der Waals surface area (Å²) in [5, 5.41) is 20.4. The molecule has 1 saturated heterocycles. The molecule has 200 valence electrons. The highest BCUT2D eigenvalue weighted by Gasteiger charge is 2.43. The highest BCUT2D eigenvalue weighted by atomic mass is 127. The first kappa shape index (κ1) is 27.3. The van der Waals surface area contributed by atoms with Crippen molar-refractivity contribution >= 4 is 46.2 Å². The van der Waals surface area contributed by atoms with E-state index < -0.39 is 17.7 Å². The van der Waals surface area contributed by atoms with E-state index in [0.29, 0.717) is 57.1 Å². The number of hydrazine groups is 1. The molecule has 11 nitrogen and oxygen atoms in total. The Morgan fingerprint density at radius 3 is 2.35 bits per heavy atom. The molecule has 12 heteroatoms. The monoisotopic (exact) mass is 623 g/mol. The number of fused-ring (bicyclic) bond motifs is 1. The van der Waals surface area contributed by atoms with Gasteiger partial charge in [0.15, 0.2) is 0 Å². The van der Waals surface area contributed by atoms with Crippen LogP contribution in [-0.4, -0.2) is 85.4 Å². The van der Waals surface area contributed by atoms with Crippen LogP contribution in [0.3, 0.4) is 0 Å². The maximum Gasteiger partial charge on any atom is 0.344 e. The summed E-state index contributed by atoms with van der Waals surface area (Å²) in [6.07, 6.45) is 2.32. The number of halogens is 1. The van der Waals surface area contributed by atoms with Gasteiger partial charge in [-0.25, -0.2) is 24.1 Å². The first-order valence-corrected chi connectivity index (χ1v) is 14.1. The van der Waals surface area contributed by atoms with Gasteiger partial charge in [0.05, 0.1) is 24.0 Å². The second kappa shape index (κ2) is 11.4. The molecule has 4 amide bonds. The quantitative estimate of drug-likeness (QED) is 0.307. The Labute approximate surface area is 230 Å². The van der Waals surface area contributed by atoms with E-state index in [1.807, 2.05) is 29.3 Å². The third kappa shape index (κ3) is 5.60. The third-order valence-electron chi connectivity index (χ3n) is 7.29. The fraction of sp³-hybridized carbons (Fsp3) is 0.520. The van der Waals surface area contributed by atoms with E-state index in [2.05, 4.69) is 38.2 Å². The summed E-state index contributed by atoms with van der Waals surface area (Å²) in [6.45, 7) is 7.52. The van der Waals surface area contributed by atoms with Gasteiger partial charge in [-0.05, 0) is 37.5 Å². The molecule has 0 spiro atoms. The fourth-order valence-corrected chi connectivity index (χ4v) is 5.33. The topological polar surface area (TPSA) is 123 Å². The van der Waals surface area contributed by atoms with Crippen molar-refractivity contribution in [3.05, 3.63) is 47.5 Å². The number of nitrogens with zero attached hydrogens (tertiary/aromatic N) is 5. The number of aliphatic hydroxyl groups is 1. The number of hydrogen-bond donors (Lipinski definition) is 3. The first-order chi connectivity index (χ1) is 17.7. The van der Waals surface area contributed by atoms with E-state index in [-0.39, 0.29) is 11.9 Å². The zero-order valence-corrected chi connectivity index (χ0v) is 23.6. The van der Waals surface area contributed by atoms with Crippen molar-refractivity contribution in [3.63, 3.8) is 0 Å². The number of carbonyl (C=O) groups is 3. The van der Waals surface area contributed by atoms with Crippen LogP contribution in [0.4, 0.5) is 15.3 Å². The van der Waals surface area contributed by atoms with Crippen LogP contribution in [0.1, 0.15) is 43.8 Å². The number of carbonyl (C=O) groups excluding carboxylic acids is 3. The minimum absolute atomic E-state index is 0.140. The van der Waals surface area contributed by atoms with Crippen LogP contribution in [-0.2, 0) is 15.8 Å². The minimum atomic E-state index is -1.39. The average Bonchev–Trinajstić information content (AvgIpc) is 3.46. The van der Waals surface area contributed by atoms with Gasteiger partial charge in [-0.15, -0.1) is 0 Å². The van der Waals surface area contributed by atoms with Crippen molar-refractivity contribution in [1.82, 2.24) is 29.8 Å². The van der Waals surface area contributed by atoms with Crippen LogP contribution in [0.5, 0.6) is 0 Å². The molecule has 1 unspecified atom stereocenters. The maximum absolute atomic E-state index is 13.6. The summed E-state index contributed by atoms with van der Waals surface area (Å²) in [5.41, 5.74) is 1.20. The van der Waals surface area contributed by atoms with Crippen LogP contribution in [0, 0.1) is 6.92 Å². The third-order valence-corrected chi connectivity index (χ3v) is 8.18. The van der Waals surface area contributed by atoms with Gasteiger partial charge in [-0.1, -0.05) is 48.6 Å². The van der Waals surface area contributed by atoms with E-state index in [4.69, 9.17) is 0 Å². The number of hydrogen-bond acceptors (Lipinski definition) is 6. The summed E-state index contributed by atoms with van der Waals surface area (Å²) in [5.74, 6) is 0.322. The molecule has 4 rings (SSSR count). The average molecular weight is 623 g/mol. The van der Waals surface area contributed by atoms with Crippen molar-refractivity contribution < 1.29 is 19.5 Å². The van der Waals surface area contributed by atoms with Crippen molar-refractivity contribution in [2.75, 3.05) is 31.5 Å². The van der Waals surface area contributed by atoms with Crippen LogP contribution in [0.15, 0.2) is 30.5 Å². The summed E-state index contributed by atoms with van der Waals surface area (Å²) in [6, 6.07) is 5.68. The van der Waals surface area contributed by atoms with Gasteiger partial charge in [-0.3, -0.25) is 9.80 Å². The lowest BCUT2D eigenvalue weighted by atomic mass is 9.87. The Morgan fingerprint density at radius 2 is 1.78 bits per heavy atom. The molecule has 1 atom stereocenters. The Balaban J connectivity index is 1.40. The molecule has 0 saturated carbocycles. The van der Waals surface area contributed by atoms with Crippen molar-refractivity contribution in [3.8, 4) is 0 Å². The second-order valence-corrected chi connectivity index (χ2v) is 10.2. The molecule has 0 aliphatic carbocycles. The highest BCUT2D eigenvalue weighted by Crippen LogP contribution is 2.25. The van der Waals surface area contributed by atoms with E-state index >= 15 is 0 Å². The number of nitrogens with one attached hydrogen (secondary N) is 2. The smallest absolute Gasteiger partial charge is 0.344 e. The fourth-order valence-electron chi connectivity index (χ4n) is 4.82. The number of benzene rings is 1. The predicted octanol–water partition coefficient (Wildman–Crippen LogP) is 2.71. The lowest BCUT2D eigenvalue weighted by Crippen LogP contribution is -2.64. The summed E-state index contributed by atoms with van der Waals surface area (Å²) in [7, 11) is 0. The molecule has 1 fully saturated rings. The maximum atomic E-state index is 13.6. The molecule has 2 aliphatic heterocycles. The predicted molar refractivity (Wildman–Crippen MR) is 147 cm³/mol. The summed E-state index contributed by atoms with van der Waals surface area (Å²) >= 11 is 2.27. The molecule has 2 aromatic rings. The molecule has 1 aromatic heterocycles. The van der Waals surface area contributed by atoms with Gasteiger partial charge in [0.25, 0.3) is 0 Å². The Kier molecular flexibility index (Phi) is 8.39. The number of aryl methyl sites for hydroxylation is 1. The molecule has 37 heavy (non-hydrogen) atoms. The van der Waals surface area contributed by atoms with Crippen molar-refractivity contribution in [2.24, 2.45) is 0 Å². The summed E-state index contributed by atoms with van der Waals surface area (Å²) < 4.78 is 2.47. The van der Waals surface area contributed by atoms with E-state index in [1.54, 1.807) is 41.4 Å². The molecule has 3 heterocycles. The Morgan fingerprint density at radius 1 is 1.14 bits per heavy atom. The number of alkyl halides is 1. The lowest BCUT2D eigenvalue weighted by molar-refractivity contribution is -0.144. The SMILES string of the molecule is CCC(O)(CC)C(NC(=O)Nc1ccc(CI)cc1)C(=O)N1CCN(N2Cc3cnc(C)n3C2=O)CC1. The van der Waals surface area contributed by atoms with Crippen LogP contribution >= 0.6 is 22.6 Å². The standard InChI is InChI=1S/C25H34IN7O4/c1-4-25(37,5-2)21(29-23(35)28-19-8-6-18(14-26)7-9-19)22(34)30-10-12-31(13-11-30)32-16-20-15-27-17(3)33(20)24(32)36/h6-9,15,21,37H,4-5,10-14,16H2,1-3H3,(H2,28,29,35). The van der Waals surface area contributed by atoms with Crippen molar-refractivity contribution in [1.29, 1.82) is 0 Å². The lowest BCUT2D eigenvalue weighted by Gasteiger charge is -2.42. The first-order valence-electron chi connectivity index (χ1n) is 12.5. The van der Waals surface area contributed by atoms with E-state index in [0.717, 1.165) is 15.7 Å². The molecular formula is C25H34IN7O4. The second-order valence-electron chi connectivity index (χ2n) is 9.42. The molecule has 1 aromatic carbocycles. The van der Waals surface area contributed by atoms with Gasteiger partial charge in [-0.2, -0.15) is 0 Å². The van der Waals surface area contributed by atoms with Crippen molar-refractivity contribution in [2.45, 2.75) is 56.2 Å². The number of urea groups is 1. The molecular weight excluding hydrogens is 589 g/mol. The normalized spacial score (nSPS) is 17.1. The number of piperazine rings is 1. The van der Waals surface area contributed by atoms with Gasteiger partial charge in [0, 0.05) is 36.3 Å². The van der Waals surface area contributed by atoms with Crippen LogP contribution < -0.4 is 10.6 Å². The number of anilines is 1. The van der Waals surface area contributed by atoms with E-state index in [9.17, 15) is 19.5 Å². The largest absolute Gasteiger partial charge is 0.387 e. The highest BCUT2D eigenvalue weighted by molar-refractivity contribution is 14.1. The molecule has 0 bridgehead atoms. The van der Waals surface area contributed by atoms with Gasteiger partial charge in [0.2, 0.25) is 5.91 Å². The number of aromatic nitrogens is 2. The van der Waals surface area contributed by atoms with Gasteiger partial charge in [0.1, 0.15) is 11.9 Å². The number of rotatable bonds is 8. The summed E-state index contributed by atoms with van der Waals surface area (Å²) in [4.78, 5) is 45.2.